The molecule has 0 bridgehead atoms. The maximum Gasteiger partial charge on any atom is 0.122 e. The zero-order valence-electron chi connectivity index (χ0n) is 5.60. The minimum absolute atomic E-state index is 0.256. The Balaban J connectivity index is 3.66. The Morgan fingerprint density at radius 1 is 1.62 bits per heavy atom. The van der Waals surface area contributed by atoms with Crippen LogP contribution in [0.25, 0.3) is 0 Å². The summed E-state index contributed by atoms with van der Waals surface area (Å²) in [4.78, 5) is 3.78. The highest BCUT2D eigenvalue weighted by Crippen LogP contribution is 1.93. The molecule has 0 fully saturated rings. The van der Waals surface area contributed by atoms with Crippen LogP contribution >= 0.6 is 0 Å². The van der Waals surface area contributed by atoms with E-state index in [0.717, 1.165) is 0 Å². The van der Waals surface area contributed by atoms with Crippen molar-refractivity contribution in [3.05, 3.63) is 0 Å². The molecule has 0 atom stereocenters. The van der Waals surface area contributed by atoms with Gasteiger partial charge < -0.3 is 0 Å². The molecule has 0 radical (unpaired) electrons. The topological polar surface area (TPSA) is 36.2 Å². The predicted octanol–water partition coefficient (Wildman–Crippen LogP) is 1.71. The fourth-order valence-corrected chi connectivity index (χ4v) is 0.288. The van der Waals surface area contributed by atoms with Crippen molar-refractivity contribution in [2.24, 2.45) is 10.9 Å². The molecular weight excluding hydrogens is 100 g/mol. The fraction of sp³-hybridized carbons (Fsp3) is 0.667. The zero-order chi connectivity index (χ0) is 6.57. The monoisotopic (exact) mass is 112 g/mol. The molecule has 1 N–H and O–H groups in total. The van der Waals surface area contributed by atoms with Crippen molar-refractivity contribution in [2.45, 2.75) is 20.8 Å². The van der Waals surface area contributed by atoms with Gasteiger partial charge in [0.05, 0.1) is 0 Å². The molecule has 0 aromatic heterocycles. The SMILES string of the molecule is CC=NC(=N)C(C)C. The Labute approximate surface area is 50.1 Å². The van der Waals surface area contributed by atoms with E-state index in [2.05, 4.69) is 4.99 Å². The lowest BCUT2D eigenvalue weighted by Gasteiger charge is -1.97. The molecule has 0 spiro atoms. The molecule has 2 heteroatoms. The number of nitrogens with one attached hydrogen (secondary N) is 1. The fourth-order valence-electron chi connectivity index (χ4n) is 0.288. The van der Waals surface area contributed by atoms with Gasteiger partial charge in [-0.1, -0.05) is 13.8 Å². The Bertz CT molecular complexity index is 103. The zero-order valence-corrected chi connectivity index (χ0v) is 5.60. The van der Waals surface area contributed by atoms with E-state index in [-0.39, 0.29) is 5.92 Å². The van der Waals surface area contributed by atoms with Crippen molar-refractivity contribution in [1.82, 2.24) is 0 Å². The van der Waals surface area contributed by atoms with Crippen LogP contribution < -0.4 is 0 Å². The van der Waals surface area contributed by atoms with Crippen LogP contribution in [0.15, 0.2) is 4.99 Å². The maximum atomic E-state index is 7.15. The van der Waals surface area contributed by atoms with Gasteiger partial charge in [0.15, 0.2) is 0 Å². The van der Waals surface area contributed by atoms with E-state index >= 15 is 0 Å². The molecule has 0 saturated carbocycles. The standard InChI is InChI=1S/C6H12N2/c1-4-8-6(7)5(2)3/h4-5,7H,1-3H3. The lowest BCUT2D eigenvalue weighted by Crippen LogP contribution is -2.00. The van der Waals surface area contributed by atoms with Gasteiger partial charge in [0.25, 0.3) is 0 Å². The van der Waals surface area contributed by atoms with E-state index in [1.807, 2.05) is 20.8 Å². The van der Waals surface area contributed by atoms with E-state index in [9.17, 15) is 0 Å². The van der Waals surface area contributed by atoms with Crippen molar-refractivity contribution < 1.29 is 0 Å². The van der Waals surface area contributed by atoms with Gasteiger partial charge in [-0.25, -0.2) is 4.99 Å². The molecular formula is C6H12N2. The predicted molar refractivity (Wildman–Crippen MR) is 36.7 cm³/mol. The lowest BCUT2D eigenvalue weighted by atomic mass is 10.2. The minimum atomic E-state index is 0.256. The summed E-state index contributed by atoms with van der Waals surface area (Å²) >= 11 is 0. The van der Waals surface area contributed by atoms with Crippen LogP contribution in [0.5, 0.6) is 0 Å². The molecule has 46 valence electrons. The van der Waals surface area contributed by atoms with Gasteiger partial charge in [-0.3, -0.25) is 5.41 Å². The Hall–Kier alpha value is -0.660. The highest BCUT2D eigenvalue weighted by molar-refractivity contribution is 5.87. The first kappa shape index (κ1) is 7.34. The molecule has 0 aliphatic heterocycles. The second kappa shape index (κ2) is 3.36. The average molecular weight is 112 g/mol. The molecule has 0 aliphatic rings. The van der Waals surface area contributed by atoms with Crippen molar-refractivity contribution in [3.63, 3.8) is 0 Å². The van der Waals surface area contributed by atoms with Gasteiger partial charge in [0.2, 0.25) is 0 Å². The van der Waals surface area contributed by atoms with Crippen LogP contribution in [-0.2, 0) is 0 Å². The molecule has 0 rings (SSSR count). The summed E-state index contributed by atoms with van der Waals surface area (Å²) in [7, 11) is 0. The van der Waals surface area contributed by atoms with E-state index in [1.165, 1.54) is 0 Å². The second-order valence-corrected chi connectivity index (χ2v) is 1.93. The number of hydrogen-bond acceptors (Lipinski definition) is 1. The van der Waals surface area contributed by atoms with Gasteiger partial charge in [-0.05, 0) is 6.92 Å². The quantitative estimate of drug-likeness (QED) is 0.396. The van der Waals surface area contributed by atoms with Crippen LogP contribution in [-0.4, -0.2) is 12.1 Å². The third-order valence-corrected chi connectivity index (χ3v) is 0.815. The lowest BCUT2D eigenvalue weighted by molar-refractivity contribution is 0.866. The van der Waals surface area contributed by atoms with E-state index in [1.54, 1.807) is 6.21 Å². The smallest absolute Gasteiger partial charge is 0.122 e. The first-order valence-electron chi connectivity index (χ1n) is 2.75. The first-order chi connectivity index (χ1) is 3.68. The van der Waals surface area contributed by atoms with Crippen LogP contribution in [0.3, 0.4) is 0 Å². The van der Waals surface area contributed by atoms with Gasteiger partial charge in [-0.15, -0.1) is 0 Å². The molecule has 0 unspecified atom stereocenters. The normalized spacial score (nSPS) is 11.0. The summed E-state index contributed by atoms with van der Waals surface area (Å²) in [6.45, 7) is 5.72. The molecule has 2 nitrogen and oxygen atoms in total. The Kier molecular flexibility index (Phi) is 3.08. The summed E-state index contributed by atoms with van der Waals surface area (Å²) < 4.78 is 0. The molecule has 0 aliphatic carbocycles. The molecule has 0 heterocycles. The third-order valence-electron chi connectivity index (χ3n) is 0.815. The van der Waals surface area contributed by atoms with Crippen LogP contribution in [0.1, 0.15) is 20.8 Å². The maximum absolute atomic E-state index is 7.15. The van der Waals surface area contributed by atoms with Crippen LogP contribution in [0.4, 0.5) is 0 Å². The minimum Gasteiger partial charge on any atom is -0.286 e. The average Bonchev–Trinajstić information content (AvgIpc) is 1.67. The largest absolute Gasteiger partial charge is 0.286 e. The third kappa shape index (κ3) is 2.50. The number of nitrogens with zero attached hydrogens (tertiary/aromatic N) is 1. The number of rotatable bonds is 1. The highest BCUT2D eigenvalue weighted by Gasteiger charge is 1.95. The summed E-state index contributed by atoms with van der Waals surface area (Å²) in [5, 5.41) is 7.15. The van der Waals surface area contributed by atoms with Crippen LogP contribution in [0, 0.1) is 11.3 Å². The van der Waals surface area contributed by atoms with Gasteiger partial charge >= 0.3 is 0 Å². The summed E-state index contributed by atoms with van der Waals surface area (Å²) in [6, 6.07) is 0. The Morgan fingerprint density at radius 2 is 2.12 bits per heavy atom. The van der Waals surface area contributed by atoms with Crippen molar-refractivity contribution in [2.75, 3.05) is 0 Å². The number of amidine groups is 1. The molecule has 0 aromatic carbocycles. The van der Waals surface area contributed by atoms with E-state index in [4.69, 9.17) is 5.41 Å². The molecule has 8 heavy (non-hydrogen) atoms. The Morgan fingerprint density at radius 3 is 2.25 bits per heavy atom. The summed E-state index contributed by atoms with van der Waals surface area (Å²) in [6.07, 6.45) is 1.64. The van der Waals surface area contributed by atoms with Crippen molar-refractivity contribution in [1.29, 1.82) is 5.41 Å². The summed E-state index contributed by atoms with van der Waals surface area (Å²) in [5.74, 6) is 0.707. The van der Waals surface area contributed by atoms with Gasteiger partial charge in [0.1, 0.15) is 5.84 Å². The number of aliphatic imine (C=N–C) groups is 1. The highest BCUT2D eigenvalue weighted by atomic mass is 14.8. The van der Waals surface area contributed by atoms with Crippen molar-refractivity contribution in [3.8, 4) is 0 Å². The molecule has 0 saturated heterocycles. The molecule has 0 aromatic rings. The van der Waals surface area contributed by atoms with Crippen LogP contribution in [0.2, 0.25) is 0 Å². The van der Waals surface area contributed by atoms with Gasteiger partial charge in [0, 0.05) is 12.1 Å². The number of hydrogen-bond donors (Lipinski definition) is 1. The molecule has 0 amide bonds. The van der Waals surface area contributed by atoms with Crippen molar-refractivity contribution >= 4 is 12.1 Å². The van der Waals surface area contributed by atoms with E-state index < -0.39 is 0 Å². The summed E-state index contributed by atoms with van der Waals surface area (Å²) in [5.41, 5.74) is 0. The first-order valence-corrected chi connectivity index (χ1v) is 2.75. The van der Waals surface area contributed by atoms with Gasteiger partial charge in [-0.2, -0.15) is 0 Å². The van der Waals surface area contributed by atoms with E-state index in [0.29, 0.717) is 5.84 Å². The second-order valence-electron chi connectivity index (χ2n) is 1.93.